The number of fused-ring (bicyclic) bond motifs is 1. The summed E-state index contributed by atoms with van der Waals surface area (Å²) in [7, 11) is 0. The number of aldehydes is 1. The molecule has 2 aliphatic rings. The first-order valence-electron chi connectivity index (χ1n) is 8.39. The molecular weight excluding hydrogens is 302 g/mol. The third-order valence-electron chi connectivity index (χ3n) is 5.01. The van der Waals surface area contributed by atoms with Gasteiger partial charge in [-0.1, -0.05) is 6.07 Å². The van der Waals surface area contributed by atoms with Gasteiger partial charge in [0.2, 0.25) is 0 Å². The van der Waals surface area contributed by atoms with Gasteiger partial charge < -0.3 is 10.2 Å². The molecule has 0 radical (unpaired) electrons. The predicted octanol–water partition coefficient (Wildman–Crippen LogP) is 0.962. The van der Waals surface area contributed by atoms with Gasteiger partial charge in [0.1, 0.15) is 11.5 Å². The van der Waals surface area contributed by atoms with Gasteiger partial charge in [-0.15, -0.1) is 0 Å². The highest BCUT2D eigenvalue weighted by Gasteiger charge is 2.28. The Bertz CT molecular complexity index is 778. The maximum absolute atomic E-state index is 10.8. The number of rotatable bonds is 3. The molecule has 4 rings (SSSR count). The number of aromatic nitrogens is 1. The minimum absolute atomic E-state index is 0.437. The second kappa shape index (κ2) is 6.30. The van der Waals surface area contributed by atoms with Crippen LogP contribution >= 0.6 is 0 Å². The molecule has 124 valence electrons. The van der Waals surface area contributed by atoms with Crippen LogP contribution in [0, 0.1) is 5.41 Å². The van der Waals surface area contributed by atoms with Crippen molar-refractivity contribution in [3.8, 4) is 0 Å². The second-order valence-electron chi connectivity index (χ2n) is 6.45. The molecule has 0 saturated carbocycles. The van der Waals surface area contributed by atoms with Crippen LogP contribution in [-0.2, 0) is 0 Å². The molecule has 2 N–H and O–H groups in total. The van der Waals surface area contributed by atoms with Gasteiger partial charge in [-0.05, 0) is 24.3 Å². The van der Waals surface area contributed by atoms with Gasteiger partial charge in [0.05, 0.1) is 5.52 Å². The molecule has 0 amide bonds. The van der Waals surface area contributed by atoms with E-state index < -0.39 is 0 Å². The van der Waals surface area contributed by atoms with E-state index in [4.69, 9.17) is 5.41 Å². The van der Waals surface area contributed by atoms with Crippen molar-refractivity contribution >= 4 is 23.0 Å². The first-order chi connectivity index (χ1) is 11.7. The quantitative estimate of drug-likeness (QED) is 0.500. The van der Waals surface area contributed by atoms with Crippen LogP contribution < -0.4 is 5.32 Å². The van der Waals surface area contributed by atoms with E-state index in [1.54, 1.807) is 6.07 Å². The molecule has 1 aromatic carbocycles. The van der Waals surface area contributed by atoms with Gasteiger partial charge in [0.25, 0.3) is 0 Å². The molecule has 0 atom stereocenters. The molecule has 0 unspecified atom stereocenters. The smallest absolute Gasteiger partial charge is 0.168 e. The summed E-state index contributed by atoms with van der Waals surface area (Å²) in [5.41, 5.74) is 2.13. The lowest BCUT2D eigenvalue weighted by atomic mass is 10.1. The number of amidine groups is 1. The molecule has 2 fully saturated rings. The van der Waals surface area contributed by atoms with Crippen molar-refractivity contribution in [2.75, 3.05) is 39.3 Å². The number of piperazine rings is 1. The van der Waals surface area contributed by atoms with E-state index in [2.05, 4.69) is 20.1 Å². The van der Waals surface area contributed by atoms with Crippen molar-refractivity contribution < 1.29 is 4.79 Å². The van der Waals surface area contributed by atoms with Crippen LogP contribution in [0.3, 0.4) is 0 Å². The topological polar surface area (TPSA) is 72.3 Å². The zero-order valence-electron chi connectivity index (χ0n) is 13.5. The highest BCUT2D eigenvalue weighted by molar-refractivity contribution is 6.00. The van der Waals surface area contributed by atoms with Crippen LogP contribution in [0.15, 0.2) is 30.3 Å². The first-order valence-corrected chi connectivity index (χ1v) is 8.39. The Morgan fingerprint density at radius 1 is 1.17 bits per heavy atom. The predicted molar refractivity (Wildman–Crippen MR) is 93.8 cm³/mol. The zero-order chi connectivity index (χ0) is 16.5. The SMILES string of the molecule is N=C(c1ccc2nc(C=O)ccc2c1)N1CCN(C2CNC2)CC1. The van der Waals surface area contributed by atoms with E-state index in [0.29, 0.717) is 17.6 Å². The lowest BCUT2D eigenvalue weighted by Crippen LogP contribution is -2.62. The summed E-state index contributed by atoms with van der Waals surface area (Å²) in [5, 5.41) is 12.8. The van der Waals surface area contributed by atoms with Crippen LogP contribution in [0.25, 0.3) is 10.9 Å². The highest BCUT2D eigenvalue weighted by atomic mass is 16.1. The van der Waals surface area contributed by atoms with Crippen LogP contribution in [0.4, 0.5) is 0 Å². The largest absolute Gasteiger partial charge is 0.354 e. The van der Waals surface area contributed by atoms with Crippen molar-refractivity contribution in [1.29, 1.82) is 5.41 Å². The molecule has 6 heteroatoms. The Kier molecular flexibility index (Phi) is 4.00. The van der Waals surface area contributed by atoms with Gasteiger partial charge >= 0.3 is 0 Å². The molecule has 2 aliphatic heterocycles. The summed E-state index contributed by atoms with van der Waals surface area (Å²) >= 11 is 0. The summed E-state index contributed by atoms with van der Waals surface area (Å²) in [6.45, 7) is 6.03. The molecular formula is C18H21N5O. The number of hydrogen-bond acceptors (Lipinski definition) is 5. The number of benzene rings is 1. The summed E-state index contributed by atoms with van der Waals surface area (Å²) in [5.74, 6) is 0.572. The van der Waals surface area contributed by atoms with Crippen molar-refractivity contribution in [3.63, 3.8) is 0 Å². The second-order valence-corrected chi connectivity index (χ2v) is 6.45. The fraction of sp³-hybridized carbons (Fsp3) is 0.389. The summed E-state index contributed by atoms with van der Waals surface area (Å²) < 4.78 is 0. The molecule has 0 bridgehead atoms. The normalized spacial score (nSPS) is 19.2. The Labute approximate surface area is 141 Å². The summed E-state index contributed by atoms with van der Waals surface area (Å²) in [4.78, 5) is 19.8. The molecule has 0 aliphatic carbocycles. The van der Waals surface area contributed by atoms with E-state index in [1.165, 1.54) is 0 Å². The average Bonchev–Trinajstić information content (AvgIpc) is 2.59. The Morgan fingerprint density at radius 3 is 2.62 bits per heavy atom. The number of carbonyl (C=O) groups excluding carboxylic acids is 1. The molecule has 24 heavy (non-hydrogen) atoms. The third-order valence-corrected chi connectivity index (χ3v) is 5.01. The molecule has 6 nitrogen and oxygen atoms in total. The van der Waals surface area contributed by atoms with Gasteiger partial charge in [0.15, 0.2) is 6.29 Å². The van der Waals surface area contributed by atoms with Gasteiger partial charge in [-0.25, -0.2) is 4.98 Å². The van der Waals surface area contributed by atoms with Crippen LogP contribution in [-0.4, -0.2) is 72.2 Å². The van der Waals surface area contributed by atoms with E-state index in [1.807, 2.05) is 24.3 Å². The highest BCUT2D eigenvalue weighted by Crippen LogP contribution is 2.17. The standard InChI is InChI=1S/C18H21N5O/c19-18(23-7-5-22(6-8-23)16-10-20-11-16)14-2-4-17-13(9-14)1-3-15(12-24)21-17/h1-4,9,12,16,19-20H,5-8,10-11H2. The minimum atomic E-state index is 0.437. The van der Waals surface area contributed by atoms with Crippen LogP contribution in [0.2, 0.25) is 0 Å². The number of carbonyl (C=O) groups is 1. The fourth-order valence-electron chi connectivity index (χ4n) is 3.38. The Morgan fingerprint density at radius 2 is 1.96 bits per heavy atom. The van der Waals surface area contributed by atoms with E-state index in [-0.39, 0.29) is 0 Å². The Hall–Kier alpha value is -2.31. The first kappa shape index (κ1) is 15.2. The summed E-state index contributed by atoms with van der Waals surface area (Å²) in [6.07, 6.45) is 0.756. The monoisotopic (exact) mass is 323 g/mol. The Balaban J connectivity index is 1.48. The zero-order valence-corrected chi connectivity index (χ0v) is 13.5. The molecule has 0 spiro atoms. The number of hydrogen-bond donors (Lipinski definition) is 2. The van der Waals surface area contributed by atoms with Crippen molar-refractivity contribution in [1.82, 2.24) is 20.1 Å². The minimum Gasteiger partial charge on any atom is -0.354 e. The van der Waals surface area contributed by atoms with E-state index in [9.17, 15) is 4.79 Å². The van der Waals surface area contributed by atoms with Gasteiger partial charge in [-0.2, -0.15) is 0 Å². The summed E-state index contributed by atoms with van der Waals surface area (Å²) in [6, 6.07) is 10.1. The third kappa shape index (κ3) is 2.79. The maximum atomic E-state index is 10.8. The van der Waals surface area contributed by atoms with Gasteiger partial charge in [0, 0.05) is 56.3 Å². The van der Waals surface area contributed by atoms with Crippen molar-refractivity contribution in [2.24, 2.45) is 0 Å². The van der Waals surface area contributed by atoms with Crippen molar-refractivity contribution in [2.45, 2.75) is 6.04 Å². The molecule has 1 aromatic heterocycles. The van der Waals surface area contributed by atoms with Crippen molar-refractivity contribution in [3.05, 3.63) is 41.6 Å². The molecule has 2 saturated heterocycles. The van der Waals surface area contributed by atoms with Gasteiger partial charge in [-0.3, -0.25) is 15.1 Å². The molecule has 3 heterocycles. The number of pyridine rings is 1. The fourth-order valence-corrected chi connectivity index (χ4v) is 3.38. The lowest BCUT2D eigenvalue weighted by molar-refractivity contribution is 0.0992. The maximum Gasteiger partial charge on any atom is 0.168 e. The van der Waals surface area contributed by atoms with E-state index >= 15 is 0 Å². The van der Waals surface area contributed by atoms with E-state index in [0.717, 1.165) is 62.0 Å². The van der Waals surface area contributed by atoms with Crippen LogP contribution in [0.1, 0.15) is 16.1 Å². The average molecular weight is 323 g/mol. The number of nitrogens with zero attached hydrogens (tertiary/aromatic N) is 3. The molecule has 2 aromatic rings. The van der Waals surface area contributed by atoms with Crippen LogP contribution in [0.5, 0.6) is 0 Å². The lowest BCUT2D eigenvalue weighted by Gasteiger charge is -2.43. The number of nitrogens with one attached hydrogen (secondary N) is 2.